The molecule has 0 unspecified atom stereocenters. The Labute approximate surface area is 218 Å². The smallest absolute Gasteiger partial charge is 0.338 e. The maximum Gasteiger partial charge on any atom is 0.338 e. The van der Waals surface area contributed by atoms with E-state index in [1.165, 1.54) is 7.11 Å². The number of carbonyl (C=O) groups excluding carboxylic acids is 1. The second kappa shape index (κ2) is 10.3. The standard InChI is InChI=1S/C24H44N2O6SSi2/c1-22(2,3)34(8,9)31-17-14-24(28,20(27)29-7)15-18(32-35(10,11)23(4,5)6)19(17)30-21(33)26-13-12-25-16-26/h12-13,16-19,28H,14-15H2,1-11H3/t17-,18-,19-,24+/m1/s1. The van der Waals surface area contributed by atoms with E-state index in [0.717, 1.165) is 0 Å². The van der Waals surface area contributed by atoms with Crippen molar-refractivity contribution in [2.45, 2.75) is 115 Å². The predicted octanol–water partition coefficient (Wildman–Crippen LogP) is 4.88. The number of aliphatic hydroxyl groups is 1. The Balaban J connectivity index is 2.56. The van der Waals surface area contributed by atoms with Crippen molar-refractivity contribution < 1.29 is 28.2 Å². The molecule has 1 aliphatic carbocycles. The lowest BCUT2D eigenvalue weighted by Gasteiger charge is -2.50. The van der Waals surface area contributed by atoms with Gasteiger partial charge in [0.15, 0.2) is 28.3 Å². The average molecular weight is 545 g/mol. The number of imidazole rings is 1. The predicted molar refractivity (Wildman–Crippen MR) is 145 cm³/mol. The summed E-state index contributed by atoms with van der Waals surface area (Å²) in [6.07, 6.45) is 3.07. The van der Waals surface area contributed by atoms with Crippen LogP contribution in [0.2, 0.25) is 36.3 Å². The van der Waals surface area contributed by atoms with Gasteiger partial charge < -0.3 is 23.4 Å². The molecule has 0 spiro atoms. The highest BCUT2D eigenvalue weighted by Crippen LogP contribution is 2.45. The van der Waals surface area contributed by atoms with Gasteiger partial charge in [-0.15, -0.1) is 0 Å². The second-order valence-corrected chi connectivity index (χ2v) is 22.4. The third-order valence-electron chi connectivity index (χ3n) is 7.83. The van der Waals surface area contributed by atoms with Crippen LogP contribution in [0.4, 0.5) is 0 Å². The second-order valence-electron chi connectivity index (χ2n) is 12.6. The SMILES string of the molecule is COC(=O)[C@]1(O)C[C@@H](O[Si](C)(C)C(C)(C)C)[C@@H](OC(=S)n2ccnc2)[C@H](O[Si](C)(C)C(C)(C)C)C1. The molecular weight excluding hydrogens is 501 g/mol. The lowest BCUT2D eigenvalue weighted by Crippen LogP contribution is -2.63. The maximum atomic E-state index is 12.8. The van der Waals surface area contributed by atoms with Gasteiger partial charge >= 0.3 is 5.97 Å². The molecule has 0 amide bonds. The summed E-state index contributed by atoms with van der Waals surface area (Å²) in [5.41, 5.74) is -1.76. The number of aromatic nitrogens is 2. The average Bonchev–Trinajstić information content (AvgIpc) is 3.22. The summed E-state index contributed by atoms with van der Waals surface area (Å²) in [7, 11) is -3.39. The van der Waals surface area contributed by atoms with Crippen molar-refractivity contribution in [1.29, 1.82) is 0 Å². The van der Waals surface area contributed by atoms with E-state index in [4.69, 9.17) is 30.5 Å². The molecule has 0 aromatic carbocycles. The highest BCUT2D eigenvalue weighted by molar-refractivity contribution is 7.80. The van der Waals surface area contributed by atoms with Crippen LogP contribution in [0, 0.1) is 0 Å². The molecule has 1 N–H and O–H groups in total. The van der Waals surface area contributed by atoms with Crippen LogP contribution in [0.25, 0.3) is 0 Å². The Hall–Kier alpha value is -1.12. The number of nitrogens with zero attached hydrogens (tertiary/aromatic N) is 2. The minimum atomic E-state index is -2.33. The van der Waals surface area contributed by atoms with Crippen LogP contribution in [0.1, 0.15) is 54.4 Å². The summed E-state index contributed by atoms with van der Waals surface area (Å²) < 4.78 is 26.6. The van der Waals surface area contributed by atoms with Crippen molar-refractivity contribution in [2.75, 3.05) is 7.11 Å². The van der Waals surface area contributed by atoms with Crippen LogP contribution in [0.15, 0.2) is 18.7 Å². The molecule has 1 fully saturated rings. The van der Waals surface area contributed by atoms with Gasteiger partial charge in [-0.2, -0.15) is 0 Å². The molecule has 2 atom stereocenters. The minimum absolute atomic E-state index is 0.0285. The summed E-state index contributed by atoms with van der Waals surface area (Å²) in [5, 5.41) is 11.5. The highest BCUT2D eigenvalue weighted by atomic mass is 32.1. The van der Waals surface area contributed by atoms with E-state index in [1.54, 1.807) is 23.3 Å². The first-order valence-electron chi connectivity index (χ1n) is 12.1. The van der Waals surface area contributed by atoms with Gasteiger partial charge in [-0.25, -0.2) is 9.78 Å². The number of thiocarbonyl (C=S) groups is 1. The Morgan fingerprint density at radius 2 is 1.49 bits per heavy atom. The lowest BCUT2D eigenvalue weighted by molar-refractivity contribution is -0.185. The van der Waals surface area contributed by atoms with E-state index in [9.17, 15) is 9.90 Å². The molecular formula is C24H44N2O6SSi2. The maximum absolute atomic E-state index is 12.8. The van der Waals surface area contributed by atoms with Crippen molar-refractivity contribution in [2.24, 2.45) is 0 Å². The topological polar surface area (TPSA) is 92.0 Å². The minimum Gasteiger partial charge on any atom is -0.467 e. The van der Waals surface area contributed by atoms with E-state index in [0.29, 0.717) is 0 Å². The molecule has 11 heteroatoms. The Morgan fingerprint density at radius 3 is 1.83 bits per heavy atom. The summed E-state index contributed by atoms with van der Waals surface area (Å²) in [6, 6.07) is 0. The summed E-state index contributed by atoms with van der Waals surface area (Å²) in [5.74, 6) is -0.694. The molecule has 0 saturated heterocycles. The van der Waals surface area contributed by atoms with Gasteiger partial charge in [0, 0.05) is 25.2 Å². The number of ether oxygens (including phenoxy) is 2. The molecule has 1 aromatic rings. The molecule has 1 aromatic heterocycles. The molecule has 0 radical (unpaired) electrons. The van der Waals surface area contributed by atoms with Crippen LogP contribution in [0.3, 0.4) is 0 Å². The van der Waals surface area contributed by atoms with Crippen molar-refractivity contribution in [3.8, 4) is 0 Å². The normalized spacial score (nSPS) is 26.3. The molecule has 1 heterocycles. The summed E-state index contributed by atoms with van der Waals surface area (Å²) >= 11 is 5.58. The van der Waals surface area contributed by atoms with Crippen LogP contribution in [-0.2, 0) is 23.1 Å². The van der Waals surface area contributed by atoms with E-state index in [1.807, 2.05) is 0 Å². The molecule has 1 saturated carbocycles. The fraction of sp³-hybridized carbons (Fsp3) is 0.792. The van der Waals surface area contributed by atoms with E-state index in [-0.39, 0.29) is 28.1 Å². The first-order chi connectivity index (χ1) is 15.7. The van der Waals surface area contributed by atoms with Crippen LogP contribution in [0.5, 0.6) is 0 Å². The van der Waals surface area contributed by atoms with E-state index >= 15 is 0 Å². The fourth-order valence-corrected chi connectivity index (χ4v) is 6.48. The number of rotatable bonds is 6. The van der Waals surface area contributed by atoms with Gasteiger partial charge in [-0.1, -0.05) is 41.5 Å². The van der Waals surface area contributed by atoms with Crippen molar-refractivity contribution in [3.05, 3.63) is 18.7 Å². The quantitative estimate of drug-likeness (QED) is 0.308. The molecule has 8 nitrogen and oxygen atoms in total. The Kier molecular flexibility index (Phi) is 8.89. The summed E-state index contributed by atoms with van der Waals surface area (Å²) in [6.45, 7) is 21.4. The van der Waals surface area contributed by atoms with Crippen LogP contribution < -0.4 is 0 Å². The molecule has 35 heavy (non-hydrogen) atoms. The van der Waals surface area contributed by atoms with Gasteiger partial charge in [0.05, 0.1) is 19.3 Å². The lowest BCUT2D eigenvalue weighted by atomic mass is 9.79. The van der Waals surface area contributed by atoms with Gasteiger partial charge in [-0.3, -0.25) is 4.57 Å². The van der Waals surface area contributed by atoms with E-state index in [2.05, 4.69) is 72.7 Å². The molecule has 1 aliphatic rings. The number of carbonyl (C=O) groups is 1. The Bertz CT molecular complexity index is 855. The Morgan fingerprint density at radius 1 is 1.03 bits per heavy atom. The molecule has 2 rings (SSSR count). The van der Waals surface area contributed by atoms with Crippen LogP contribution >= 0.6 is 12.2 Å². The third-order valence-corrected chi connectivity index (χ3v) is 17.1. The number of methoxy groups -OCH3 is 1. The van der Waals surface area contributed by atoms with E-state index < -0.39 is 46.5 Å². The van der Waals surface area contributed by atoms with Crippen molar-refractivity contribution in [3.63, 3.8) is 0 Å². The van der Waals surface area contributed by atoms with Crippen molar-refractivity contribution >= 4 is 40.0 Å². The largest absolute Gasteiger partial charge is 0.467 e. The number of hydrogen-bond acceptors (Lipinski definition) is 8. The number of esters is 1. The third kappa shape index (κ3) is 6.81. The zero-order valence-electron chi connectivity index (χ0n) is 23.2. The van der Waals surface area contributed by atoms with Gasteiger partial charge in [0.25, 0.3) is 5.17 Å². The molecule has 0 bridgehead atoms. The van der Waals surface area contributed by atoms with Gasteiger partial charge in [0.2, 0.25) is 0 Å². The first kappa shape index (κ1) is 30.1. The summed E-state index contributed by atoms with van der Waals surface area (Å²) in [4.78, 5) is 16.8. The van der Waals surface area contributed by atoms with Crippen molar-refractivity contribution in [1.82, 2.24) is 9.55 Å². The zero-order chi connectivity index (χ0) is 27.0. The molecule has 200 valence electrons. The van der Waals surface area contributed by atoms with Crippen LogP contribution in [-0.4, -0.2) is 73.5 Å². The van der Waals surface area contributed by atoms with Gasteiger partial charge in [-0.05, 0) is 48.5 Å². The highest BCUT2D eigenvalue weighted by Gasteiger charge is 2.56. The van der Waals surface area contributed by atoms with Gasteiger partial charge in [0.1, 0.15) is 6.33 Å². The molecule has 0 aliphatic heterocycles. The fourth-order valence-electron chi connectivity index (χ4n) is 3.60. The first-order valence-corrected chi connectivity index (χ1v) is 18.3. The monoisotopic (exact) mass is 544 g/mol. The number of hydrogen-bond donors (Lipinski definition) is 1. The zero-order valence-corrected chi connectivity index (χ0v) is 26.0.